The number of carbonyl (C=O) groups is 1. The number of carboxylic acid groups (broad SMARTS) is 1. The van der Waals surface area contributed by atoms with Crippen LogP contribution in [0.2, 0.25) is 0 Å². The van der Waals surface area contributed by atoms with Crippen LogP contribution in [0.5, 0.6) is 0 Å². The number of alkyl halides is 3. The first-order valence-corrected chi connectivity index (χ1v) is 7.35. The number of anilines is 1. The lowest BCUT2D eigenvalue weighted by molar-refractivity contribution is -0.138. The number of rotatable bonds is 6. The van der Waals surface area contributed by atoms with E-state index in [-0.39, 0.29) is 18.7 Å². The minimum Gasteiger partial charge on any atom is -0.481 e. The number of nitrogens with one attached hydrogen (secondary N) is 1. The smallest absolute Gasteiger partial charge is 0.417 e. The minimum absolute atomic E-state index is 0.0984. The molecule has 0 saturated heterocycles. The summed E-state index contributed by atoms with van der Waals surface area (Å²) < 4.78 is 37.4. The number of carboxylic acids is 1. The van der Waals surface area contributed by atoms with Crippen molar-refractivity contribution >= 4 is 28.8 Å². The van der Waals surface area contributed by atoms with Gasteiger partial charge in [0.15, 0.2) is 0 Å². The van der Waals surface area contributed by atoms with Gasteiger partial charge in [0, 0.05) is 12.6 Å². The third kappa shape index (κ3) is 5.06. The Morgan fingerprint density at radius 2 is 2.09 bits per heavy atom. The fourth-order valence-electron chi connectivity index (χ4n) is 1.65. The van der Waals surface area contributed by atoms with Crippen LogP contribution in [0.15, 0.2) is 40.9 Å². The van der Waals surface area contributed by atoms with Crippen LogP contribution in [0.3, 0.4) is 0 Å². The molecule has 2 N–H and O–H groups in total. The van der Waals surface area contributed by atoms with Crippen LogP contribution in [-0.2, 0) is 11.0 Å². The number of pyridine rings is 1. The van der Waals surface area contributed by atoms with E-state index >= 15 is 0 Å². The monoisotopic (exact) mass is 343 g/mol. The van der Waals surface area contributed by atoms with Crippen LogP contribution in [0.25, 0.3) is 0 Å². The van der Waals surface area contributed by atoms with E-state index in [9.17, 15) is 18.0 Å². The van der Waals surface area contributed by atoms with Gasteiger partial charge >= 0.3 is 12.1 Å². The Morgan fingerprint density at radius 1 is 1.30 bits per heavy atom. The van der Waals surface area contributed by atoms with Gasteiger partial charge in [-0.2, -0.15) is 18.3 Å². The summed E-state index contributed by atoms with van der Waals surface area (Å²) in [6, 6.07) is 5.64. The maximum atomic E-state index is 12.5. The first-order chi connectivity index (χ1) is 10.9. The maximum Gasteiger partial charge on any atom is 0.417 e. The van der Waals surface area contributed by atoms with Crippen LogP contribution in [0.1, 0.15) is 23.3 Å². The molecule has 2 rings (SSSR count). The molecule has 2 aromatic rings. The zero-order valence-corrected chi connectivity index (χ0v) is 12.5. The Morgan fingerprint density at radius 3 is 2.61 bits per heavy atom. The van der Waals surface area contributed by atoms with Crippen LogP contribution < -0.4 is 5.43 Å². The lowest BCUT2D eigenvalue weighted by Gasteiger charge is -2.07. The molecule has 0 saturated carbocycles. The predicted octanol–water partition coefficient (Wildman–Crippen LogP) is 3.84. The lowest BCUT2D eigenvalue weighted by Crippen LogP contribution is -2.08. The highest BCUT2D eigenvalue weighted by molar-refractivity contribution is 7.12. The Kier molecular flexibility index (Phi) is 5.32. The van der Waals surface area contributed by atoms with Gasteiger partial charge < -0.3 is 5.11 Å². The van der Waals surface area contributed by atoms with Crippen molar-refractivity contribution in [2.45, 2.75) is 19.0 Å². The molecule has 0 radical (unpaired) electrons. The highest BCUT2D eigenvalue weighted by Crippen LogP contribution is 2.28. The standard InChI is InChI=1S/C14H12F3N3O2S/c15-14(16,17)9-3-5-12(18-8-9)20-19-10(4-6-13(21)22)11-2-1-7-23-11/h1-3,5,7-8H,4,6H2,(H,18,20)(H,21,22). The third-order valence-corrected chi connectivity index (χ3v) is 3.70. The highest BCUT2D eigenvalue weighted by Gasteiger charge is 2.30. The number of aromatic nitrogens is 1. The zero-order chi connectivity index (χ0) is 16.9. The van der Waals surface area contributed by atoms with Crippen molar-refractivity contribution < 1.29 is 23.1 Å². The highest BCUT2D eigenvalue weighted by atomic mass is 32.1. The SMILES string of the molecule is O=C(O)CCC(=NNc1ccc(C(F)(F)F)cn1)c1cccs1. The number of hydrazone groups is 1. The summed E-state index contributed by atoms with van der Waals surface area (Å²) in [7, 11) is 0. The summed E-state index contributed by atoms with van der Waals surface area (Å²) in [5.41, 5.74) is 2.21. The zero-order valence-electron chi connectivity index (χ0n) is 11.7. The summed E-state index contributed by atoms with van der Waals surface area (Å²) in [4.78, 5) is 15.1. The summed E-state index contributed by atoms with van der Waals surface area (Å²) >= 11 is 1.39. The van der Waals surface area contributed by atoms with Gasteiger partial charge in [-0.25, -0.2) is 4.98 Å². The molecule has 0 spiro atoms. The van der Waals surface area contributed by atoms with Gasteiger partial charge in [-0.15, -0.1) is 11.3 Å². The molecule has 122 valence electrons. The average Bonchev–Trinajstić information content (AvgIpc) is 3.00. The van der Waals surface area contributed by atoms with Crippen LogP contribution in [0, 0.1) is 0 Å². The fraction of sp³-hybridized carbons (Fsp3) is 0.214. The molecule has 0 fully saturated rings. The van der Waals surface area contributed by atoms with Gasteiger partial charge in [0.05, 0.1) is 22.6 Å². The average molecular weight is 343 g/mol. The molecule has 0 aliphatic rings. The van der Waals surface area contributed by atoms with Crippen molar-refractivity contribution in [3.05, 3.63) is 46.3 Å². The molecular formula is C14H12F3N3O2S. The van der Waals surface area contributed by atoms with E-state index in [4.69, 9.17) is 5.11 Å². The summed E-state index contributed by atoms with van der Waals surface area (Å²) in [6.07, 6.45) is -3.64. The number of hydrogen-bond donors (Lipinski definition) is 2. The van der Waals surface area contributed by atoms with Gasteiger partial charge in [0.1, 0.15) is 5.82 Å². The largest absolute Gasteiger partial charge is 0.481 e. The second kappa shape index (κ2) is 7.23. The molecule has 0 unspecified atom stereocenters. The summed E-state index contributed by atoms with van der Waals surface area (Å²) in [5.74, 6) is -0.815. The van der Waals surface area contributed by atoms with Crippen LogP contribution >= 0.6 is 11.3 Å². The molecule has 0 aliphatic heterocycles. The van der Waals surface area contributed by atoms with Crippen molar-refractivity contribution in [1.29, 1.82) is 0 Å². The molecular weight excluding hydrogens is 331 g/mol. The van der Waals surface area contributed by atoms with E-state index in [0.717, 1.165) is 17.0 Å². The molecule has 2 aromatic heterocycles. The first-order valence-electron chi connectivity index (χ1n) is 6.48. The van der Waals surface area contributed by atoms with Gasteiger partial charge in [0.2, 0.25) is 0 Å². The number of thiophene rings is 1. The lowest BCUT2D eigenvalue weighted by atomic mass is 10.2. The van der Waals surface area contributed by atoms with Crippen molar-refractivity contribution in [3.8, 4) is 0 Å². The Bertz CT molecular complexity index is 682. The molecule has 0 amide bonds. The molecule has 0 aromatic carbocycles. The van der Waals surface area contributed by atoms with Crippen molar-refractivity contribution in [2.24, 2.45) is 5.10 Å². The Labute approximate surface area is 133 Å². The van der Waals surface area contributed by atoms with E-state index in [0.29, 0.717) is 11.9 Å². The quantitative estimate of drug-likeness (QED) is 0.617. The fourth-order valence-corrected chi connectivity index (χ4v) is 2.40. The van der Waals surface area contributed by atoms with E-state index in [2.05, 4.69) is 15.5 Å². The predicted molar refractivity (Wildman–Crippen MR) is 80.6 cm³/mol. The number of nitrogens with zero attached hydrogens (tertiary/aromatic N) is 2. The molecule has 0 aliphatic carbocycles. The van der Waals surface area contributed by atoms with Gasteiger partial charge in [-0.1, -0.05) is 6.07 Å². The van der Waals surface area contributed by atoms with Gasteiger partial charge in [-0.3, -0.25) is 10.2 Å². The summed E-state index contributed by atoms with van der Waals surface area (Å²) in [5, 5.41) is 14.7. The molecule has 9 heteroatoms. The normalized spacial score (nSPS) is 12.2. The van der Waals surface area contributed by atoms with Crippen molar-refractivity contribution in [2.75, 3.05) is 5.43 Å². The molecule has 0 atom stereocenters. The van der Waals surface area contributed by atoms with E-state index in [1.165, 1.54) is 11.3 Å². The van der Waals surface area contributed by atoms with Crippen molar-refractivity contribution in [3.63, 3.8) is 0 Å². The second-order valence-electron chi connectivity index (χ2n) is 4.47. The van der Waals surface area contributed by atoms with E-state index in [1.807, 2.05) is 5.38 Å². The van der Waals surface area contributed by atoms with Crippen LogP contribution in [0.4, 0.5) is 19.0 Å². The molecule has 23 heavy (non-hydrogen) atoms. The number of aliphatic carboxylic acids is 1. The third-order valence-electron chi connectivity index (χ3n) is 2.78. The second-order valence-corrected chi connectivity index (χ2v) is 5.42. The summed E-state index contributed by atoms with van der Waals surface area (Å²) in [6.45, 7) is 0. The molecule has 0 bridgehead atoms. The molecule has 5 nitrogen and oxygen atoms in total. The van der Waals surface area contributed by atoms with Gasteiger partial charge in [0.25, 0.3) is 0 Å². The number of halogens is 3. The Balaban J connectivity index is 2.12. The van der Waals surface area contributed by atoms with Crippen LogP contribution in [-0.4, -0.2) is 21.8 Å². The van der Waals surface area contributed by atoms with E-state index < -0.39 is 17.7 Å². The van der Waals surface area contributed by atoms with Gasteiger partial charge in [-0.05, 0) is 23.6 Å². The first kappa shape index (κ1) is 16.9. The Hall–Kier alpha value is -2.42. The maximum absolute atomic E-state index is 12.5. The topological polar surface area (TPSA) is 74.6 Å². The number of hydrogen-bond acceptors (Lipinski definition) is 5. The molecule has 2 heterocycles. The van der Waals surface area contributed by atoms with E-state index in [1.54, 1.807) is 12.1 Å². The minimum atomic E-state index is -4.45. The van der Waals surface area contributed by atoms with Crippen molar-refractivity contribution in [1.82, 2.24) is 4.98 Å².